The molecule has 4 heterocycles. The van der Waals surface area contributed by atoms with Crippen LogP contribution in [-0.4, -0.2) is 49.9 Å². The van der Waals surface area contributed by atoms with E-state index in [1.165, 1.54) is 6.33 Å². The summed E-state index contributed by atoms with van der Waals surface area (Å²) in [5.41, 5.74) is 0.987. The summed E-state index contributed by atoms with van der Waals surface area (Å²) in [5, 5.41) is 0.258. The molecule has 0 bridgehead atoms. The van der Waals surface area contributed by atoms with Crippen LogP contribution in [0.4, 0.5) is 0 Å². The lowest BCUT2D eigenvalue weighted by Crippen LogP contribution is -2.30. The van der Waals surface area contributed by atoms with Crippen molar-refractivity contribution in [3.63, 3.8) is 0 Å². The van der Waals surface area contributed by atoms with Crippen LogP contribution >= 0.6 is 11.6 Å². The average Bonchev–Trinajstić information content (AvgIpc) is 3.10. The van der Waals surface area contributed by atoms with Crippen molar-refractivity contribution in [1.29, 1.82) is 0 Å². The second kappa shape index (κ2) is 4.69. The molecule has 2 aliphatic rings. The Hall–Kier alpha value is -1.61. The molecule has 22 heavy (non-hydrogen) atoms. The zero-order valence-corrected chi connectivity index (χ0v) is 12.6. The van der Waals surface area contributed by atoms with E-state index in [1.54, 1.807) is 24.7 Å². The molecular weight excluding hydrogens is 312 g/mol. The minimum Gasteiger partial charge on any atom is -0.341 e. The fraction of sp³-hybridized carbons (Fsp3) is 0.538. The molecule has 116 valence electrons. The maximum Gasteiger partial charge on any atom is 0.167 e. The molecule has 2 saturated heterocycles. The molecule has 4 rings (SSSR count). The summed E-state index contributed by atoms with van der Waals surface area (Å²) >= 11 is 6.01. The third kappa shape index (κ3) is 1.95. The number of hydrogen-bond acceptors (Lipinski definition) is 7. The van der Waals surface area contributed by atoms with Gasteiger partial charge in [-0.15, -0.1) is 0 Å². The Labute approximate surface area is 130 Å². The molecule has 0 amide bonds. The van der Waals surface area contributed by atoms with Gasteiger partial charge in [-0.05, 0) is 13.8 Å². The van der Waals surface area contributed by atoms with Crippen molar-refractivity contribution < 1.29 is 19.0 Å². The first-order valence-corrected chi connectivity index (χ1v) is 7.17. The highest BCUT2D eigenvalue weighted by molar-refractivity contribution is 6.33. The molecule has 0 radical (unpaired) electrons. The fourth-order valence-corrected chi connectivity index (χ4v) is 3.13. The lowest BCUT2D eigenvalue weighted by Gasteiger charge is -2.23. The molecule has 8 nitrogen and oxygen atoms in total. The average molecular weight is 325 g/mol. The molecule has 0 saturated carbocycles. The Balaban J connectivity index is 1.78. The molecular formula is C13H13ClN4O4. The molecule has 4 atom stereocenters. The van der Waals surface area contributed by atoms with E-state index in [1.807, 2.05) is 0 Å². The lowest BCUT2D eigenvalue weighted by atomic mass is 10.1. The Bertz CT molecular complexity index is 749. The number of rotatable bonds is 2. The lowest BCUT2D eigenvalue weighted by molar-refractivity contribution is -0.194. The van der Waals surface area contributed by atoms with Crippen LogP contribution in [0.3, 0.4) is 0 Å². The van der Waals surface area contributed by atoms with E-state index in [9.17, 15) is 4.79 Å². The van der Waals surface area contributed by atoms with Crippen LogP contribution in [0.1, 0.15) is 20.1 Å². The van der Waals surface area contributed by atoms with Gasteiger partial charge in [-0.25, -0.2) is 15.0 Å². The summed E-state index contributed by atoms with van der Waals surface area (Å²) in [5.74, 6) is -0.776. The Morgan fingerprint density at radius 3 is 2.82 bits per heavy atom. The third-order valence-electron chi connectivity index (χ3n) is 3.79. The van der Waals surface area contributed by atoms with E-state index in [0.29, 0.717) is 11.2 Å². The monoisotopic (exact) mass is 324 g/mol. The van der Waals surface area contributed by atoms with Crippen LogP contribution in [0.2, 0.25) is 5.15 Å². The van der Waals surface area contributed by atoms with Gasteiger partial charge in [0.25, 0.3) is 0 Å². The second-order valence-electron chi connectivity index (χ2n) is 5.68. The van der Waals surface area contributed by atoms with Crippen LogP contribution in [-0.2, 0) is 19.0 Å². The summed E-state index contributed by atoms with van der Waals surface area (Å²) in [6.45, 7) is 3.60. The maximum absolute atomic E-state index is 11.3. The van der Waals surface area contributed by atoms with Gasteiger partial charge < -0.3 is 19.0 Å². The van der Waals surface area contributed by atoms with Crippen LogP contribution in [0.5, 0.6) is 0 Å². The van der Waals surface area contributed by atoms with E-state index in [-0.39, 0.29) is 5.15 Å². The zero-order chi connectivity index (χ0) is 15.5. The number of hydrogen-bond donors (Lipinski definition) is 0. The number of carbonyl (C=O) groups is 1. The molecule has 2 aromatic rings. The number of halogens is 1. The van der Waals surface area contributed by atoms with Crippen LogP contribution in [0, 0.1) is 0 Å². The van der Waals surface area contributed by atoms with Gasteiger partial charge in [-0.1, -0.05) is 11.6 Å². The van der Waals surface area contributed by atoms with Crippen molar-refractivity contribution in [2.24, 2.45) is 0 Å². The van der Waals surface area contributed by atoms with Crippen LogP contribution < -0.4 is 0 Å². The molecule has 2 aromatic heterocycles. The second-order valence-corrected chi connectivity index (χ2v) is 6.04. The van der Waals surface area contributed by atoms with Crippen molar-refractivity contribution in [2.45, 2.75) is 44.2 Å². The smallest absolute Gasteiger partial charge is 0.167 e. The number of fused-ring (bicyclic) bond motifs is 2. The summed E-state index contributed by atoms with van der Waals surface area (Å²) in [6.07, 6.45) is 1.45. The Kier molecular flexibility index (Phi) is 2.99. The molecule has 0 unspecified atom stereocenters. The van der Waals surface area contributed by atoms with E-state index in [4.69, 9.17) is 25.8 Å². The molecule has 0 spiro atoms. The first-order valence-electron chi connectivity index (χ1n) is 6.79. The highest BCUT2D eigenvalue weighted by Crippen LogP contribution is 2.43. The molecule has 9 heteroatoms. The first-order chi connectivity index (χ1) is 10.5. The number of imidazole rings is 1. The van der Waals surface area contributed by atoms with Gasteiger partial charge in [0.2, 0.25) is 0 Å². The van der Waals surface area contributed by atoms with E-state index >= 15 is 0 Å². The van der Waals surface area contributed by atoms with Crippen molar-refractivity contribution in [3.05, 3.63) is 17.8 Å². The third-order valence-corrected chi connectivity index (χ3v) is 4.06. The SMILES string of the molecule is CC1(C)O[C@@H]2[C@@H](O1)[C@@H](C=O)O[C@H]2n1cnc2c(Cl)ncnc21. The standard InChI is InChI=1S/C13H13ClN4O4/c1-13(2)21-8-6(3-19)20-12(9(8)22-13)18-5-17-7-10(14)15-4-16-11(7)18/h3-6,8-9,12H,1-2H3/t6-,8+,9-,12-/m1/s1. The first kappa shape index (κ1) is 14.0. The van der Waals surface area contributed by atoms with Crippen molar-refractivity contribution in [1.82, 2.24) is 19.5 Å². The predicted molar refractivity (Wildman–Crippen MR) is 74.1 cm³/mol. The quantitative estimate of drug-likeness (QED) is 0.603. The minimum atomic E-state index is -0.776. The van der Waals surface area contributed by atoms with Gasteiger partial charge in [-0.3, -0.25) is 4.57 Å². The van der Waals surface area contributed by atoms with E-state index in [2.05, 4.69) is 15.0 Å². The van der Waals surface area contributed by atoms with Gasteiger partial charge in [0, 0.05) is 0 Å². The van der Waals surface area contributed by atoms with Gasteiger partial charge in [0.1, 0.15) is 30.2 Å². The summed E-state index contributed by atoms with van der Waals surface area (Å²) < 4.78 is 19.1. The predicted octanol–water partition coefficient (Wildman–Crippen LogP) is 1.10. The fourth-order valence-electron chi connectivity index (χ4n) is 2.95. The van der Waals surface area contributed by atoms with Crippen molar-refractivity contribution in [3.8, 4) is 0 Å². The topological polar surface area (TPSA) is 88.4 Å². The van der Waals surface area contributed by atoms with Crippen LogP contribution in [0.25, 0.3) is 11.2 Å². The normalized spacial score (nSPS) is 33.2. The number of aromatic nitrogens is 4. The van der Waals surface area contributed by atoms with Gasteiger partial charge >= 0.3 is 0 Å². The molecule has 0 N–H and O–H groups in total. The summed E-state index contributed by atoms with van der Waals surface area (Å²) in [6, 6.07) is 0. The van der Waals surface area contributed by atoms with Crippen molar-refractivity contribution in [2.75, 3.05) is 0 Å². The Morgan fingerprint density at radius 1 is 1.27 bits per heavy atom. The Morgan fingerprint density at radius 2 is 2.05 bits per heavy atom. The maximum atomic E-state index is 11.3. The number of ether oxygens (including phenoxy) is 3. The van der Waals surface area contributed by atoms with Gasteiger partial charge in [0.15, 0.2) is 29.1 Å². The van der Waals surface area contributed by atoms with Gasteiger partial charge in [0.05, 0.1) is 6.33 Å². The largest absolute Gasteiger partial charge is 0.341 e. The van der Waals surface area contributed by atoms with E-state index < -0.39 is 30.3 Å². The summed E-state index contributed by atoms with van der Waals surface area (Å²) in [4.78, 5) is 23.5. The highest BCUT2D eigenvalue weighted by Gasteiger charge is 2.56. The molecule has 0 aromatic carbocycles. The van der Waals surface area contributed by atoms with Crippen LogP contribution in [0.15, 0.2) is 12.7 Å². The summed E-state index contributed by atoms with van der Waals surface area (Å²) in [7, 11) is 0. The zero-order valence-electron chi connectivity index (χ0n) is 11.8. The highest BCUT2D eigenvalue weighted by atomic mass is 35.5. The van der Waals surface area contributed by atoms with Gasteiger partial charge in [-0.2, -0.15) is 0 Å². The number of nitrogens with zero attached hydrogens (tertiary/aromatic N) is 4. The molecule has 2 aliphatic heterocycles. The molecule has 2 fully saturated rings. The number of carbonyl (C=O) groups excluding carboxylic acids is 1. The van der Waals surface area contributed by atoms with Crippen molar-refractivity contribution >= 4 is 29.1 Å². The molecule has 0 aliphatic carbocycles. The van der Waals surface area contributed by atoms with E-state index in [0.717, 1.165) is 6.29 Å². The number of aldehydes is 1. The minimum absolute atomic E-state index is 0.258.